The number of rotatable bonds is 5. The molecule has 0 bridgehead atoms. The third-order valence-corrected chi connectivity index (χ3v) is 2.71. The molecule has 1 aromatic rings. The van der Waals surface area contributed by atoms with Crippen LogP contribution in [0.5, 0.6) is 0 Å². The average molecular weight is 330 g/mol. The molecule has 0 fully saturated rings. The van der Waals surface area contributed by atoms with Gasteiger partial charge in [0.15, 0.2) is 5.11 Å². The number of thiocarbonyl (C=S) groups is 1. The van der Waals surface area contributed by atoms with E-state index in [4.69, 9.17) is 17.0 Å². The quantitative estimate of drug-likeness (QED) is 0.418. The molecule has 1 aromatic carbocycles. The minimum absolute atomic E-state index is 0.0752. The van der Waals surface area contributed by atoms with Crippen molar-refractivity contribution in [3.63, 3.8) is 0 Å². The zero-order valence-corrected chi connectivity index (χ0v) is 12.7. The number of hydrazine groups is 1. The van der Waals surface area contributed by atoms with Gasteiger partial charge in [0.2, 0.25) is 5.82 Å². The normalized spacial score (nSPS) is 11.4. The predicted molar refractivity (Wildman–Crippen MR) is 80.7 cm³/mol. The summed E-state index contributed by atoms with van der Waals surface area (Å²) < 4.78 is 18.1. The number of carbonyl (C=O) groups excluding carboxylic acids is 1. The molecule has 1 rings (SSSR count). The van der Waals surface area contributed by atoms with E-state index in [-0.39, 0.29) is 16.7 Å². The predicted octanol–water partition coefficient (Wildman–Crippen LogP) is 0.878. The number of carbonyl (C=O) groups is 1. The van der Waals surface area contributed by atoms with Crippen molar-refractivity contribution in [3.05, 3.63) is 39.7 Å². The van der Waals surface area contributed by atoms with Crippen molar-refractivity contribution in [1.82, 2.24) is 16.2 Å². The Morgan fingerprint density at radius 1 is 1.50 bits per heavy atom. The van der Waals surface area contributed by atoms with Gasteiger partial charge in [-0.15, -0.1) is 0 Å². The Morgan fingerprint density at radius 2 is 2.18 bits per heavy atom. The number of benzene rings is 1. The van der Waals surface area contributed by atoms with Crippen LogP contribution in [-0.2, 0) is 4.74 Å². The van der Waals surface area contributed by atoms with E-state index in [0.717, 1.165) is 18.2 Å². The molecule has 3 N–H and O–H groups in total. The molecule has 1 amide bonds. The highest BCUT2D eigenvalue weighted by Gasteiger charge is 2.17. The zero-order chi connectivity index (χ0) is 16.7. The van der Waals surface area contributed by atoms with E-state index in [1.807, 2.05) is 6.92 Å². The van der Waals surface area contributed by atoms with E-state index in [1.165, 1.54) is 7.11 Å². The maximum Gasteiger partial charge on any atom is 0.305 e. The van der Waals surface area contributed by atoms with Crippen LogP contribution in [0.15, 0.2) is 18.2 Å². The Balaban J connectivity index is 2.61. The molecular formula is C12H15FN4O4S. The summed E-state index contributed by atoms with van der Waals surface area (Å²) in [6.45, 7) is 2.24. The number of ether oxygens (including phenoxy) is 1. The van der Waals surface area contributed by atoms with Crippen LogP contribution in [0, 0.1) is 15.9 Å². The molecule has 22 heavy (non-hydrogen) atoms. The Morgan fingerprint density at radius 3 is 2.77 bits per heavy atom. The van der Waals surface area contributed by atoms with Crippen LogP contribution in [0.25, 0.3) is 0 Å². The van der Waals surface area contributed by atoms with Crippen molar-refractivity contribution in [3.8, 4) is 0 Å². The summed E-state index contributed by atoms with van der Waals surface area (Å²) in [7, 11) is 1.54. The summed E-state index contributed by atoms with van der Waals surface area (Å²) in [5.41, 5.74) is 3.84. The second-order valence-electron chi connectivity index (χ2n) is 4.33. The first-order valence-electron chi connectivity index (χ1n) is 6.15. The summed E-state index contributed by atoms with van der Waals surface area (Å²) in [6.07, 6.45) is 0. The van der Waals surface area contributed by atoms with E-state index in [1.54, 1.807) is 0 Å². The van der Waals surface area contributed by atoms with Gasteiger partial charge in [-0.2, -0.15) is 4.39 Å². The van der Waals surface area contributed by atoms with Crippen LogP contribution >= 0.6 is 12.2 Å². The van der Waals surface area contributed by atoms with Gasteiger partial charge in [-0.25, -0.2) is 0 Å². The average Bonchev–Trinajstić information content (AvgIpc) is 2.45. The number of nitrogens with zero attached hydrogens (tertiary/aromatic N) is 1. The van der Waals surface area contributed by atoms with E-state index < -0.39 is 22.3 Å². The van der Waals surface area contributed by atoms with Gasteiger partial charge in [0, 0.05) is 24.8 Å². The van der Waals surface area contributed by atoms with Crippen LogP contribution in [0.1, 0.15) is 17.3 Å². The lowest BCUT2D eigenvalue weighted by Gasteiger charge is -2.16. The summed E-state index contributed by atoms with van der Waals surface area (Å²) in [4.78, 5) is 21.5. The van der Waals surface area contributed by atoms with E-state index in [9.17, 15) is 19.3 Å². The third-order valence-electron chi connectivity index (χ3n) is 2.49. The summed E-state index contributed by atoms with van der Waals surface area (Å²) in [6, 6.07) is 2.75. The molecule has 0 radical (unpaired) electrons. The molecule has 1 atom stereocenters. The van der Waals surface area contributed by atoms with Crippen LogP contribution < -0.4 is 16.2 Å². The van der Waals surface area contributed by atoms with Crippen LogP contribution in [0.4, 0.5) is 10.1 Å². The Labute approximate surface area is 131 Å². The molecule has 0 saturated heterocycles. The number of amides is 1. The van der Waals surface area contributed by atoms with Gasteiger partial charge in [0.25, 0.3) is 5.91 Å². The van der Waals surface area contributed by atoms with E-state index in [2.05, 4.69) is 16.2 Å². The fourth-order valence-corrected chi connectivity index (χ4v) is 1.78. The first-order chi connectivity index (χ1) is 10.3. The molecular weight excluding hydrogens is 315 g/mol. The minimum Gasteiger partial charge on any atom is -0.383 e. The first kappa shape index (κ1) is 17.7. The highest BCUT2D eigenvalue weighted by atomic mass is 32.1. The molecule has 0 unspecified atom stereocenters. The standard InChI is InChI=1S/C12H15FN4O4S/c1-7(6-21-2)14-12(22)16-15-11(18)8-3-4-9(13)10(5-8)17(19)20/h3-5,7H,6H2,1-2H3,(H,15,18)(H2,14,16,22)/t7-/m1/s1. The molecule has 120 valence electrons. The Kier molecular flexibility index (Phi) is 6.60. The fraction of sp³-hybridized carbons (Fsp3) is 0.333. The molecule has 0 aromatic heterocycles. The number of hydrogen-bond donors (Lipinski definition) is 3. The lowest BCUT2D eigenvalue weighted by atomic mass is 10.2. The molecule has 0 spiro atoms. The number of nitro groups is 1. The van der Waals surface area contributed by atoms with Gasteiger partial charge >= 0.3 is 5.69 Å². The molecule has 0 saturated carbocycles. The van der Waals surface area contributed by atoms with Gasteiger partial charge < -0.3 is 10.1 Å². The van der Waals surface area contributed by atoms with Crippen molar-refractivity contribution in [2.75, 3.05) is 13.7 Å². The van der Waals surface area contributed by atoms with Crippen molar-refractivity contribution < 1.29 is 18.8 Å². The summed E-state index contributed by atoms with van der Waals surface area (Å²) in [5, 5.41) is 13.6. The Hall–Kier alpha value is -2.33. The first-order valence-corrected chi connectivity index (χ1v) is 6.55. The zero-order valence-electron chi connectivity index (χ0n) is 11.9. The van der Waals surface area contributed by atoms with Crippen LogP contribution in [0.2, 0.25) is 0 Å². The van der Waals surface area contributed by atoms with Crippen molar-refractivity contribution in [2.24, 2.45) is 0 Å². The van der Waals surface area contributed by atoms with Crippen molar-refractivity contribution >= 4 is 28.9 Å². The van der Waals surface area contributed by atoms with E-state index >= 15 is 0 Å². The molecule has 0 aliphatic rings. The SMILES string of the molecule is COC[C@@H](C)NC(=S)NNC(=O)c1ccc(F)c([N+](=O)[O-])c1. The Bertz CT molecular complexity index is 584. The van der Waals surface area contributed by atoms with E-state index in [0.29, 0.717) is 6.61 Å². The second kappa shape index (κ2) is 8.20. The lowest BCUT2D eigenvalue weighted by molar-refractivity contribution is -0.387. The van der Waals surface area contributed by atoms with Gasteiger partial charge in [-0.3, -0.25) is 25.8 Å². The maximum absolute atomic E-state index is 13.2. The molecule has 0 heterocycles. The number of hydrogen-bond acceptors (Lipinski definition) is 5. The number of nitrogens with one attached hydrogen (secondary N) is 3. The van der Waals surface area contributed by atoms with Gasteiger partial charge in [-0.1, -0.05) is 0 Å². The monoisotopic (exact) mass is 330 g/mol. The highest BCUT2D eigenvalue weighted by molar-refractivity contribution is 7.80. The van der Waals surface area contributed by atoms with Gasteiger partial charge in [0.1, 0.15) is 0 Å². The number of halogens is 1. The van der Waals surface area contributed by atoms with Crippen molar-refractivity contribution in [1.29, 1.82) is 0 Å². The summed E-state index contributed by atoms with van der Waals surface area (Å²) >= 11 is 4.94. The van der Waals surface area contributed by atoms with Crippen molar-refractivity contribution in [2.45, 2.75) is 13.0 Å². The molecule has 8 nitrogen and oxygen atoms in total. The van der Waals surface area contributed by atoms with Crippen LogP contribution in [0.3, 0.4) is 0 Å². The highest BCUT2D eigenvalue weighted by Crippen LogP contribution is 2.18. The third kappa shape index (κ3) is 5.22. The molecule has 0 aliphatic carbocycles. The lowest BCUT2D eigenvalue weighted by Crippen LogP contribution is -2.49. The largest absolute Gasteiger partial charge is 0.383 e. The number of methoxy groups -OCH3 is 1. The number of nitro benzene ring substituents is 1. The van der Waals surface area contributed by atoms with Gasteiger partial charge in [-0.05, 0) is 31.3 Å². The van der Waals surface area contributed by atoms with Crippen LogP contribution in [-0.4, -0.2) is 35.7 Å². The smallest absolute Gasteiger partial charge is 0.305 e. The minimum atomic E-state index is -1.01. The van der Waals surface area contributed by atoms with Gasteiger partial charge in [0.05, 0.1) is 11.5 Å². The summed E-state index contributed by atoms with van der Waals surface area (Å²) in [5.74, 6) is -1.70. The fourth-order valence-electron chi connectivity index (χ4n) is 1.53. The maximum atomic E-state index is 13.2. The second-order valence-corrected chi connectivity index (χ2v) is 4.74. The molecule has 0 aliphatic heterocycles. The topological polar surface area (TPSA) is 106 Å². The molecule has 10 heteroatoms.